The quantitative estimate of drug-likeness (QED) is 0.646. The van der Waals surface area contributed by atoms with Gasteiger partial charge in [0.15, 0.2) is 5.16 Å². The smallest absolute Gasteiger partial charge is 0.235 e. The number of amides is 1. The highest BCUT2D eigenvalue weighted by Gasteiger charge is 2.27. The predicted molar refractivity (Wildman–Crippen MR) is 106 cm³/mol. The van der Waals surface area contributed by atoms with Gasteiger partial charge in [-0.05, 0) is 44.6 Å². The topological polar surface area (TPSA) is 72.1 Å². The lowest BCUT2D eigenvalue weighted by Gasteiger charge is -2.33. The summed E-state index contributed by atoms with van der Waals surface area (Å²) in [5.74, 6) is 1.27. The summed E-state index contributed by atoms with van der Waals surface area (Å²) in [6.45, 7) is 5.47. The molecule has 1 fully saturated rings. The SMILES string of the molecule is Cc1cc(N)nc(S[C@H](C)C(=O)N2CCC(Cc3ccccc3)CC2)n1. The normalized spacial score (nSPS) is 16.5. The molecular formula is C20H26N4OS. The van der Waals surface area contributed by atoms with Gasteiger partial charge in [-0.15, -0.1) is 0 Å². The van der Waals surface area contributed by atoms with E-state index in [4.69, 9.17) is 5.73 Å². The van der Waals surface area contributed by atoms with Crippen LogP contribution in [0.4, 0.5) is 5.82 Å². The second-order valence-corrected chi connectivity index (χ2v) is 8.24. The molecule has 0 spiro atoms. The number of rotatable bonds is 5. The van der Waals surface area contributed by atoms with E-state index in [2.05, 4.69) is 40.3 Å². The molecule has 0 unspecified atom stereocenters. The molecule has 6 heteroatoms. The van der Waals surface area contributed by atoms with Gasteiger partial charge in [0.2, 0.25) is 5.91 Å². The van der Waals surface area contributed by atoms with Crippen molar-refractivity contribution in [3.8, 4) is 0 Å². The Balaban J connectivity index is 1.51. The van der Waals surface area contributed by atoms with Gasteiger partial charge in [0, 0.05) is 24.8 Å². The molecule has 3 rings (SSSR count). The first kappa shape index (κ1) is 18.7. The number of hydrogen-bond acceptors (Lipinski definition) is 5. The first-order chi connectivity index (χ1) is 12.5. The second kappa shape index (κ2) is 8.54. The lowest BCUT2D eigenvalue weighted by Crippen LogP contribution is -2.42. The fourth-order valence-corrected chi connectivity index (χ4v) is 4.31. The van der Waals surface area contributed by atoms with Gasteiger partial charge in [-0.3, -0.25) is 4.79 Å². The van der Waals surface area contributed by atoms with Crippen molar-refractivity contribution in [2.24, 2.45) is 5.92 Å². The number of nitrogen functional groups attached to an aromatic ring is 1. The molecule has 1 aliphatic rings. The molecule has 2 aromatic rings. The molecule has 0 radical (unpaired) electrons. The Kier molecular flexibility index (Phi) is 6.14. The number of benzene rings is 1. The van der Waals surface area contributed by atoms with E-state index in [1.165, 1.54) is 17.3 Å². The van der Waals surface area contributed by atoms with Crippen molar-refractivity contribution in [3.05, 3.63) is 47.7 Å². The van der Waals surface area contributed by atoms with Crippen LogP contribution in [0.1, 0.15) is 31.0 Å². The van der Waals surface area contributed by atoms with Crippen LogP contribution >= 0.6 is 11.8 Å². The van der Waals surface area contributed by atoms with Crippen molar-refractivity contribution < 1.29 is 4.79 Å². The Labute approximate surface area is 159 Å². The van der Waals surface area contributed by atoms with Crippen LogP contribution in [0.3, 0.4) is 0 Å². The number of anilines is 1. The molecule has 1 atom stereocenters. The third-order valence-electron chi connectivity index (χ3n) is 4.78. The van der Waals surface area contributed by atoms with E-state index in [9.17, 15) is 4.79 Å². The molecule has 1 aliphatic heterocycles. The zero-order valence-corrected chi connectivity index (χ0v) is 16.2. The maximum atomic E-state index is 12.8. The molecule has 0 aliphatic carbocycles. The number of hydrogen-bond donors (Lipinski definition) is 1. The number of nitrogens with zero attached hydrogens (tertiary/aromatic N) is 3. The highest BCUT2D eigenvalue weighted by Crippen LogP contribution is 2.26. The number of likely N-dealkylation sites (tertiary alicyclic amines) is 1. The maximum absolute atomic E-state index is 12.8. The third-order valence-corrected chi connectivity index (χ3v) is 5.73. The van der Waals surface area contributed by atoms with Crippen molar-refractivity contribution in [1.82, 2.24) is 14.9 Å². The van der Waals surface area contributed by atoms with E-state index in [-0.39, 0.29) is 11.2 Å². The number of piperidine rings is 1. The molecule has 1 aromatic heterocycles. The molecule has 1 amide bonds. The molecule has 2 N–H and O–H groups in total. The van der Waals surface area contributed by atoms with Crippen LogP contribution in [0, 0.1) is 12.8 Å². The molecule has 0 saturated carbocycles. The van der Waals surface area contributed by atoms with E-state index in [1.54, 1.807) is 6.07 Å². The highest BCUT2D eigenvalue weighted by molar-refractivity contribution is 8.00. The summed E-state index contributed by atoms with van der Waals surface area (Å²) >= 11 is 1.38. The van der Waals surface area contributed by atoms with Crippen molar-refractivity contribution in [3.63, 3.8) is 0 Å². The van der Waals surface area contributed by atoms with Gasteiger partial charge in [0.05, 0.1) is 5.25 Å². The van der Waals surface area contributed by atoms with Gasteiger partial charge >= 0.3 is 0 Å². The number of carbonyl (C=O) groups is 1. The van der Waals surface area contributed by atoms with Gasteiger partial charge < -0.3 is 10.6 Å². The van der Waals surface area contributed by atoms with Crippen LogP contribution in [-0.4, -0.2) is 39.1 Å². The van der Waals surface area contributed by atoms with Gasteiger partial charge in [-0.1, -0.05) is 42.1 Å². The Bertz CT molecular complexity index is 724. The number of thioether (sulfide) groups is 1. The van der Waals surface area contributed by atoms with Crippen LogP contribution in [0.5, 0.6) is 0 Å². The van der Waals surface area contributed by atoms with Gasteiger partial charge in [0.1, 0.15) is 5.82 Å². The average Bonchev–Trinajstić information content (AvgIpc) is 2.62. The van der Waals surface area contributed by atoms with E-state index >= 15 is 0 Å². The molecule has 26 heavy (non-hydrogen) atoms. The van der Waals surface area contributed by atoms with E-state index < -0.39 is 0 Å². The van der Waals surface area contributed by atoms with Gasteiger partial charge in [0.25, 0.3) is 0 Å². The summed E-state index contributed by atoms with van der Waals surface area (Å²) in [6, 6.07) is 12.3. The van der Waals surface area contributed by atoms with Crippen LogP contribution < -0.4 is 5.73 Å². The molecule has 5 nitrogen and oxygen atoms in total. The maximum Gasteiger partial charge on any atom is 0.235 e. The first-order valence-corrected chi connectivity index (χ1v) is 10.00. The van der Waals surface area contributed by atoms with Crippen LogP contribution in [-0.2, 0) is 11.2 Å². The van der Waals surface area contributed by atoms with Crippen molar-refractivity contribution >= 4 is 23.5 Å². The number of carbonyl (C=O) groups excluding carboxylic acids is 1. The third kappa shape index (κ3) is 4.97. The largest absolute Gasteiger partial charge is 0.384 e. The van der Waals surface area contributed by atoms with Crippen LogP contribution in [0.2, 0.25) is 0 Å². The molecular weight excluding hydrogens is 344 g/mol. The average molecular weight is 371 g/mol. The fraction of sp³-hybridized carbons (Fsp3) is 0.450. The standard InChI is InChI=1S/C20H26N4OS/c1-14-12-18(21)23-20(22-14)26-15(2)19(25)24-10-8-17(9-11-24)13-16-6-4-3-5-7-16/h3-7,12,15,17H,8-11,13H2,1-2H3,(H2,21,22,23)/t15-/m1/s1. The lowest BCUT2D eigenvalue weighted by atomic mass is 9.90. The van der Waals surface area contributed by atoms with Gasteiger partial charge in [-0.2, -0.15) is 0 Å². The van der Waals surface area contributed by atoms with Crippen LogP contribution in [0.15, 0.2) is 41.6 Å². The summed E-state index contributed by atoms with van der Waals surface area (Å²) in [7, 11) is 0. The summed E-state index contributed by atoms with van der Waals surface area (Å²) in [5, 5.41) is 0.365. The zero-order chi connectivity index (χ0) is 18.5. The predicted octanol–water partition coefficient (Wildman–Crippen LogP) is 3.33. The van der Waals surface area contributed by atoms with E-state index in [0.29, 0.717) is 16.9 Å². The van der Waals surface area contributed by atoms with Crippen molar-refractivity contribution in [2.75, 3.05) is 18.8 Å². The van der Waals surface area contributed by atoms with E-state index in [0.717, 1.165) is 38.0 Å². The Morgan fingerprint density at radius 2 is 1.96 bits per heavy atom. The number of aromatic nitrogens is 2. The fourth-order valence-electron chi connectivity index (χ4n) is 3.39. The molecule has 138 valence electrons. The Hall–Kier alpha value is -2.08. The molecule has 2 heterocycles. The Morgan fingerprint density at radius 3 is 2.62 bits per heavy atom. The summed E-state index contributed by atoms with van der Waals surface area (Å²) in [5.41, 5.74) is 7.98. The summed E-state index contributed by atoms with van der Waals surface area (Å²) in [4.78, 5) is 23.3. The minimum atomic E-state index is -0.207. The Morgan fingerprint density at radius 1 is 1.27 bits per heavy atom. The second-order valence-electron chi connectivity index (χ2n) is 6.94. The van der Waals surface area contributed by atoms with Gasteiger partial charge in [-0.25, -0.2) is 9.97 Å². The first-order valence-electron chi connectivity index (χ1n) is 9.12. The molecule has 0 bridgehead atoms. The summed E-state index contributed by atoms with van der Waals surface area (Å²) in [6.07, 6.45) is 3.22. The minimum Gasteiger partial charge on any atom is -0.384 e. The van der Waals surface area contributed by atoms with Crippen molar-refractivity contribution in [1.29, 1.82) is 0 Å². The zero-order valence-electron chi connectivity index (χ0n) is 15.4. The van der Waals surface area contributed by atoms with Crippen LogP contribution in [0.25, 0.3) is 0 Å². The molecule has 1 aromatic carbocycles. The van der Waals surface area contributed by atoms with Crippen molar-refractivity contribution in [2.45, 2.75) is 43.5 Å². The highest BCUT2D eigenvalue weighted by atomic mass is 32.2. The monoisotopic (exact) mass is 370 g/mol. The number of nitrogens with two attached hydrogens (primary N) is 1. The summed E-state index contributed by atoms with van der Waals surface area (Å²) < 4.78 is 0. The lowest BCUT2D eigenvalue weighted by molar-refractivity contribution is -0.131. The van der Waals surface area contributed by atoms with E-state index in [1.807, 2.05) is 18.7 Å². The molecule has 1 saturated heterocycles. The minimum absolute atomic E-state index is 0.164. The number of aryl methyl sites for hydroxylation is 1.